The molecule has 0 spiro atoms. The van der Waals surface area contributed by atoms with Crippen molar-refractivity contribution in [3.8, 4) is 5.75 Å². The van der Waals surface area contributed by atoms with Crippen molar-refractivity contribution >= 4 is 17.2 Å². The Morgan fingerprint density at radius 3 is 2.78 bits per heavy atom. The van der Waals surface area contributed by atoms with E-state index in [-0.39, 0.29) is 24.0 Å². The van der Waals surface area contributed by atoms with Crippen molar-refractivity contribution in [3.63, 3.8) is 0 Å². The van der Waals surface area contributed by atoms with Crippen LogP contribution in [0.4, 0.5) is 5.69 Å². The summed E-state index contributed by atoms with van der Waals surface area (Å²) >= 11 is 0. The van der Waals surface area contributed by atoms with Crippen LogP contribution in [-0.2, 0) is 11.4 Å². The van der Waals surface area contributed by atoms with Crippen molar-refractivity contribution in [2.24, 2.45) is 5.92 Å². The molecule has 0 saturated heterocycles. The van der Waals surface area contributed by atoms with Gasteiger partial charge in [0.1, 0.15) is 18.0 Å². The molecule has 1 amide bonds. The molecule has 1 N–H and O–H groups in total. The third kappa shape index (κ3) is 4.73. The summed E-state index contributed by atoms with van der Waals surface area (Å²) in [7, 11) is 0. The van der Waals surface area contributed by atoms with Gasteiger partial charge in [0.25, 0.3) is 5.56 Å². The second-order valence-electron chi connectivity index (χ2n) is 6.95. The molecule has 0 atom stereocenters. The molecule has 0 bridgehead atoms. The largest absolute Gasteiger partial charge is 0.485 e. The van der Waals surface area contributed by atoms with E-state index in [1.807, 2.05) is 45.0 Å². The molecule has 0 radical (unpaired) electrons. The molecule has 2 aromatic heterocycles. The van der Waals surface area contributed by atoms with Crippen LogP contribution >= 0.6 is 0 Å². The van der Waals surface area contributed by atoms with Crippen molar-refractivity contribution in [2.75, 3.05) is 5.32 Å². The summed E-state index contributed by atoms with van der Waals surface area (Å²) < 4.78 is 7.33. The molecule has 0 aliphatic carbocycles. The topological polar surface area (TPSA) is 72.7 Å². The third-order valence-electron chi connectivity index (χ3n) is 4.01. The van der Waals surface area contributed by atoms with Gasteiger partial charge in [0.05, 0.1) is 11.4 Å². The lowest BCUT2D eigenvalue weighted by Gasteiger charge is -2.13. The Labute approximate surface area is 157 Å². The van der Waals surface area contributed by atoms with Crippen LogP contribution in [0.3, 0.4) is 0 Å². The Bertz CT molecular complexity index is 1020. The van der Waals surface area contributed by atoms with Gasteiger partial charge in [0.15, 0.2) is 0 Å². The predicted octanol–water partition coefficient (Wildman–Crippen LogP) is 3.57. The molecule has 6 nitrogen and oxygen atoms in total. The number of hydrogen-bond acceptors (Lipinski definition) is 4. The molecular weight excluding hydrogens is 342 g/mol. The molecule has 3 aromatic rings. The average molecular weight is 365 g/mol. The lowest BCUT2D eigenvalue weighted by Crippen LogP contribution is -2.17. The van der Waals surface area contributed by atoms with Crippen LogP contribution in [0.15, 0.2) is 53.5 Å². The van der Waals surface area contributed by atoms with Crippen LogP contribution in [0.1, 0.15) is 31.5 Å². The number of ether oxygens (including phenoxy) is 1. The molecule has 140 valence electrons. The zero-order valence-electron chi connectivity index (χ0n) is 15.7. The first-order valence-corrected chi connectivity index (χ1v) is 8.93. The van der Waals surface area contributed by atoms with E-state index in [9.17, 15) is 9.59 Å². The molecule has 0 fully saturated rings. The Hall–Kier alpha value is -3.15. The zero-order valence-corrected chi connectivity index (χ0v) is 15.7. The first-order valence-electron chi connectivity index (χ1n) is 8.93. The monoisotopic (exact) mass is 365 g/mol. The number of carbonyl (C=O) groups excluding carboxylic acids is 1. The van der Waals surface area contributed by atoms with Crippen LogP contribution in [0.2, 0.25) is 0 Å². The van der Waals surface area contributed by atoms with E-state index in [1.54, 1.807) is 18.3 Å². The number of benzene rings is 1. The van der Waals surface area contributed by atoms with E-state index < -0.39 is 0 Å². The molecule has 3 rings (SSSR count). The first kappa shape index (κ1) is 18.6. The fraction of sp³-hybridized carbons (Fsp3) is 0.286. The minimum Gasteiger partial charge on any atom is -0.485 e. The molecule has 2 heterocycles. The number of rotatable bonds is 6. The van der Waals surface area contributed by atoms with Crippen molar-refractivity contribution < 1.29 is 9.53 Å². The number of amides is 1. The summed E-state index contributed by atoms with van der Waals surface area (Å²) in [6.45, 7) is 6.07. The van der Waals surface area contributed by atoms with Gasteiger partial charge in [-0.05, 0) is 42.7 Å². The Morgan fingerprint density at radius 2 is 2.00 bits per heavy atom. The fourth-order valence-corrected chi connectivity index (χ4v) is 2.75. The van der Waals surface area contributed by atoms with Crippen LogP contribution in [-0.4, -0.2) is 15.3 Å². The summed E-state index contributed by atoms with van der Waals surface area (Å²) in [5, 5.41) is 2.88. The van der Waals surface area contributed by atoms with Gasteiger partial charge in [-0.25, -0.2) is 4.98 Å². The quantitative estimate of drug-likeness (QED) is 0.725. The van der Waals surface area contributed by atoms with Crippen molar-refractivity contribution in [1.82, 2.24) is 9.38 Å². The van der Waals surface area contributed by atoms with E-state index in [0.717, 1.165) is 5.56 Å². The number of nitrogens with zero attached hydrogens (tertiary/aromatic N) is 2. The summed E-state index contributed by atoms with van der Waals surface area (Å²) in [5.41, 5.74) is 2.60. The average Bonchev–Trinajstić information content (AvgIpc) is 2.60. The van der Waals surface area contributed by atoms with Gasteiger partial charge in [-0.15, -0.1) is 0 Å². The van der Waals surface area contributed by atoms with Gasteiger partial charge in [0, 0.05) is 18.7 Å². The van der Waals surface area contributed by atoms with Crippen LogP contribution in [0.5, 0.6) is 5.75 Å². The second-order valence-corrected chi connectivity index (χ2v) is 6.95. The van der Waals surface area contributed by atoms with Crippen molar-refractivity contribution in [1.29, 1.82) is 0 Å². The number of hydrogen-bond donors (Lipinski definition) is 1. The molecule has 0 saturated carbocycles. The number of aryl methyl sites for hydroxylation is 1. The number of carbonyl (C=O) groups is 1. The highest BCUT2D eigenvalue weighted by atomic mass is 16.5. The lowest BCUT2D eigenvalue weighted by atomic mass is 10.1. The molecule has 6 heteroatoms. The number of nitrogens with one attached hydrogen (secondary N) is 1. The van der Waals surface area contributed by atoms with E-state index in [4.69, 9.17) is 4.74 Å². The van der Waals surface area contributed by atoms with E-state index in [2.05, 4.69) is 10.3 Å². The minimum absolute atomic E-state index is 0.0569. The molecule has 27 heavy (non-hydrogen) atoms. The maximum atomic E-state index is 12.2. The Morgan fingerprint density at radius 1 is 1.22 bits per heavy atom. The molecule has 1 aromatic carbocycles. The maximum Gasteiger partial charge on any atom is 0.258 e. The second kappa shape index (κ2) is 8.03. The van der Waals surface area contributed by atoms with E-state index in [1.165, 1.54) is 10.5 Å². The summed E-state index contributed by atoms with van der Waals surface area (Å²) in [4.78, 5) is 28.8. The molecule has 0 aliphatic rings. The van der Waals surface area contributed by atoms with E-state index >= 15 is 0 Å². The number of aromatic nitrogens is 2. The van der Waals surface area contributed by atoms with Crippen molar-refractivity contribution in [2.45, 2.75) is 33.8 Å². The van der Waals surface area contributed by atoms with E-state index in [0.29, 0.717) is 29.2 Å². The standard InChI is InChI=1S/C21H23N3O3/c1-14(2)10-20(25)23-17-6-4-5-7-18(17)27-13-16-12-21(26)24-9-8-15(3)11-19(24)22-16/h4-9,11-12,14H,10,13H2,1-3H3,(H,23,25). The van der Waals surface area contributed by atoms with Gasteiger partial charge >= 0.3 is 0 Å². The molecular formula is C21H23N3O3. The number of pyridine rings is 1. The fourth-order valence-electron chi connectivity index (χ4n) is 2.75. The third-order valence-corrected chi connectivity index (χ3v) is 4.01. The van der Waals surface area contributed by atoms with Gasteiger partial charge in [-0.2, -0.15) is 0 Å². The lowest BCUT2D eigenvalue weighted by molar-refractivity contribution is -0.116. The van der Waals surface area contributed by atoms with Crippen LogP contribution in [0, 0.1) is 12.8 Å². The zero-order chi connectivity index (χ0) is 19.4. The maximum absolute atomic E-state index is 12.2. The van der Waals surface area contributed by atoms with Gasteiger partial charge in [-0.3, -0.25) is 14.0 Å². The highest BCUT2D eigenvalue weighted by Gasteiger charge is 2.10. The predicted molar refractivity (Wildman–Crippen MR) is 105 cm³/mol. The summed E-state index contributed by atoms with van der Waals surface area (Å²) in [5.74, 6) is 0.760. The first-order chi connectivity index (χ1) is 12.9. The Kier molecular flexibility index (Phi) is 5.54. The van der Waals surface area contributed by atoms with Crippen molar-refractivity contribution in [3.05, 3.63) is 70.3 Å². The highest BCUT2D eigenvalue weighted by Crippen LogP contribution is 2.25. The number of fused-ring (bicyclic) bond motifs is 1. The highest BCUT2D eigenvalue weighted by molar-refractivity contribution is 5.92. The number of para-hydroxylation sites is 2. The smallest absolute Gasteiger partial charge is 0.258 e. The normalized spacial score (nSPS) is 11.0. The van der Waals surface area contributed by atoms with Gasteiger partial charge in [0.2, 0.25) is 5.91 Å². The molecule has 0 unspecified atom stereocenters. The van der Waals surface area contributed by atoms with Crippen LogP contribution in [0.25, 0.3) is 5.65 Å². The van der Waals surface area contributed by atoms with Gasteiger partial charge in [-0.1, -0.05) is 26.0 Å². The minimum atomic E-state index is -0.155. The molecule has 0 aliphatic heterocycles. The summed E-state index contributed by atoms with van der Waals surface area (Å²) in [6, 6.07) is 12.4. The number of anilines is 1. The van der Waals surface area contributed by atoms with Crippen LogP contribution < -0.4 is 15.6 Å². The van der Waals surface area contributed by atoms with Gasteiger partial charge < -0.3 is 10.1 Å². The SMILES string of the molecule is Cc1ccn2c(=O)cc(COc3ccccc3NC(=O)CC(C)C)nc2c1. The Balaban J connectivity index is 1.78. The summed E-state index contributed by atoms with van der Waals surface area (Å²) in [6.07, 6.45) is 2.15.